The van der Waals surface area contributed by atoms with Gasteiger partial charge in [0.25, 0.3) is 0 Å². The van der Waals surface area contributed by atoms with Gasteiger partial charge in [-0.2, -0.15) is 0 Å². The Labute approximate surface area is 123 Å². The molecule has 0 aliphatic carbocycles. The molecule has 100 valence electrons. The zero-order chi connectivity index (χ0) is 13.8. The summed E-state index contributed by atoms with van der Waals surface area (Å²) in [5.74, 6) is 1.39. The third kappa shape index (κ3) is 3.87. The first-order valence-electron chi connectivity index (χ1n) is 5.99. The first kappa shape index (κ1) is 14.2. The van der Waals surface area contributed by atoms with Gasteiger partial charge in [-0.3, -0.25) is 0 Å². The summed E-state index contributed by atoms with van der Waals surface area (Å²) in [6, 6.07) is 13.4. The van der Waals surface area contributed by atoms with Crippen LogP contribution in [-0.4, -0.2) is 7.05 Å². The molecule has 19 heavy (non-hydrogen) atoms. The molecule has 0 bridgehead atoms. The van der Waals surface area contributed by atoms with Crippen LogP contribution in [-0.2, 0) is 0 Å². The summed E-state index contributed by atoms with van der Waals surface area (Å²) in [7, 11) is 1.93. The van der Waals surface area contributed by atoms with Gasteiger partial charge in [-0.25, -0.2) is 0 Å². The van der Waals surface area contributed by atoms with Gasteiger partial charge >= 0.3 is 0 Å². The molecule has 1 atom stereocenters. The molecule has 0 fully saturated rings. The Morgan fingerprint density at radius 2 is 1.53 bits per heavy atom. The molecule has 2 rings (SSSR count). The fourth-order valence-electron chi connectivity index (χ4n) is 1.71. The maximum Gasteiger partial charge on any atom is 0.130 e. The highest BCUT2D eigenvalue weighted by molar-refractivity contribution is 6.34. The molecule has 0 aliphatic heterocycles. The molecule has 0 aromatic heterocycles. The van der Waals surface area contributed by atoms with Gasteiger partial charge in [0.05, 0.1) is 0 Å². The minimum Gasteiger partial charge on any atom is -0.457 e. The normalized spacial score (nSPS) is 12.2. The standard InChI is InChI=1S/C15H15Cl2NO/c1-10(18-2)11-3-5-14(6-4-11)19-15-8-12(16)7-13(17)9-15/h3-10,18H,1-2H3. The first-order chi connectivity index (χ1) is 9.08. The summed E-state index contributed by atoms with van der Waals surface area (Å²) in [5.41, 5.74) is 1.21. The molecule has 1 N–H and O–H groups in total. The van der Waals surface area contributed by atoms with Crippen LogP contribution in [0.2, 0.25) is 10.0 Å². The summed E-state index contributed by atoms with van der Waals surface area (Å²) >= 11 is 11.9. The Balaban J connectivity index is 2.15. The van der Waals surface area contributed by atoms with E-state index in [2.05, 4.69) is 12.2 Å². The number of nitrogens with one attached hydrogen (secondary N) is 1. The van der Waals surface area contributed by atoms with E-state index in [1.165, 1.54) is 5.56 Å². The Morgan fingerprint density at radius 1 is 0.947 bits per heavy atom. The van der Waals surface area contributed by atoms with E-state index >= 15 is 0 Å². The van der Waals surface area contributed by atoms with Crippen LogP contribution in [0.5, 0.6) is 11.5 Å². The topological polar surface area (TPSA) is 21.3 Å². The molecule has 2 aromatic carbocycles. The van der Waals surface area contributed by atoms with E-state index in [4.69, 9.17) is 27.9 Å². The van der Waals surface area contributed by atoms with Crippen molar-refractivity contribution in [3.8, 4) is 11.5 Å². The molecule has 4 heteroatoms. The van der Waals surface area contributed by atoms with Crippen LogP contribution in [0.25, 0.3) is 0 Å². The van der Waals surface area contributed by atoms with Crippen molar-refractivity contribution in [2.24, 2.45) is 0 Å². The van der Waals surface area contributed by atoms with E-state index in [0.29, 0.717) is 21.8 Å². The van der Waals surface area contributed by atoms with E-state index in [-0.39, 0.29) is 0 Å². The highest BCUT2D eigenvalue weighted by atomic mass is 35.5. The smallest absolute Gasteiger partial charge is 0.130 e. The molecular formula is C15H15Cl2NO. The maximum atomic E-state index is 5.93. The highest BCUT2D eigenvalue weighted by Crippen LogP contribution is 2.28. The van der Waals surface area contributed by atoms with Crippen LogP contribution in [0.4, 0.5) is 0 Å². The SMILES string of the molecule is CNC(C)c1ccc(Oc2cc(Cl)cc(Cl)c2)cc1. The van der Waals surface area contributed by atoms with Gasteiger partial charge in [0.15, 0.2) is 0 Å². The predicted octanol–water partition coefficient (Wildman–Crippen LogP) is 5.07. The van der Waals surface area contributed by atoms with E-state index < -0.39 is 0 Å². The molecule has 0 saturated heterocycles. The second-order valence-corrected chi connectivity index (χ2v) is 5.16. The summed E-state index contributed by atoms with van der Waals surface area (Å²) in [6.07, 6.45) is 0. The number of ether oxygens (including phenoxy) is 1. The second kappa shape index (κ2) is 6.29. The van der Waals surface area contributed by atoms with Crippen molar-refractivity contribution in [1.29, 1.82) is 0 Å². The third-order valence-corrected chi connectivity index (χ3v) is 3.32. The zero-order valence-electron chi connectivity index (χ0n) is 10.8. The number of hydrogen-bond donors (Lipinski definition) is 1. The van der Waals surface area contributed by atoms with Crippen LogP contribution in [0.15, 0.2) is 42.5 Å². The van der Waals surface area contributed by atoms with Crippen molar-refractivity contribution in [3.63, 3.8) is 0 Å². The molecule has 0 spiro atoms. The minimum absolute atomic E-state index is 0.315. The average Bonchev–Trinajstić information content (AvgIpc) is 2.37. The predicted molar refractivity (Wildman–Crippen MR) is 80.5 cm³/mol. The number of hydrogen-bond acceptors (Lipinski definition) is 2. The molecule has 0 heterocycles. The molecule has 2 aromatic rings. The first-order valence-corrected chi connectivity index (χ1v) is 6.75. The summed E-state index contributed by atoms with van der Waals surface area (Å²) in [6.45, 7) is 2.10. The molecule has 2 nitrogen and oxygen atoms in total. The zero-order valence-corrected chi connectivity index (χ0v) is 12.3. The molecule has 0 aliphatic rings. The number of rotatable bonds is 4. The van der Waals surface area contributed by atoms with Gasteiger partial charge in [0.2, 0.25) is 0 Å². The van der Waals surface area contributed by atoms with Crippen LogP contribution in [0.1, 0.15) is 18.5 Å². The fraction of sp³-hybridized carbons (Fsp3) is 0.200. The van der Waals surface area contributed by atoms with Crippen molar-refractivity contribution in [1.82, 2.24) is 5.32 Å². The lowest BCUT2D eigenvalue weighted by Gasteiger charge is -2.12. The van der Waals surface area contributed by atoms with E-state index in [9.17, 15) is 0 Å². The van der Waals surface area contributed by atoms with Crippen LogP contribution >= 0.6 is 23.2 Å². The quantitative estimate of drug-likeness (QED) is 0.850. The molecule has 0 saturated carbocycles. The highest BCUT2D eigenvalue weighted by Gasteiger charge is 2.04. The van der Waals surface area contributed by atoms with Gasteiger partial charge in [0, 0.05) is 16.1 Å². The van der Waals surface area contributed by atoms with Crippen molar-refractivity contribution in [2.75, 3.05) is 7.05 Å². The number of benzene rings is 2. The van der Waals surface area contributed by atoms with Crippen molar-refractivity contribution < 1.29 is 4.74 Å². The lowest BCUT2D eigenvalue weighted by Crippen LogP contribution is -2.11. The van der Waals surface area contributed by atoms with Crippen molar-refractivity contribution in [2.45, 2.75) is 13.0 Å². The summed E-state index contributed by atoms with van der Waals surface area (Å²) in [5, 5.41) is 4.31. The fourth-order valence-corrected chi connectivity index (χ4v) is 2.22. The summed E-state index contributed by atoms with van der Waals surface area (Å²) < 4.78 is 5.72. The largest absolute Gasteiger partial charge is 0.457 e. The molecule has 0 amide bonds. The van der Waals surface area contributed by atoms with E-state index in [0.717, 1.165) is 5.75 Å². The Morgan fingerprint density at radius 3 is 2.05 bits per heavy atom. The maximum absolute atomic E-state index is 5.93. The monoisotopic (exact) mass is 295 g/mol. The van der Waals surface area contributed by atoms with Crippen molar-refractivity contribution >= 4 is 23.2 Å². The van der Waals surface area contributed by atoms with Gasteiger partial charge in [0.1, 0.15) is 11.5 Å². The van der Waals surface area contributed by atoms with Gasteiger partial charge in [-0.15, -0.1) is 0 Å². The van der Waals surface area contributed by atoms with Gasteiger partial charge < -0.3 is 10.1 Å². The third-order valence-electron chi connectivity index (χ3n) is 2.88. The average molecular weight is 296 g/mol. The van der Waals surface area contributed by atoms with Crippen LogP contribution < -0.4 is 10.1 Å². The Hall–Kier alpha value is -1.22. The second-order valence-electron chi connectivity index (χ2n) is 4.29. The molecular weight excluding hydrogens is 281 g/mol. The lowest BCUT2D eigenvalue weighted by atomic mass is 10.1. The van der Waals surface area contributed by atoms with Crippen LogP contribution in [0, 0.1) is 0 Å². The minimum atomic E-state index is 0.315. The molecule has 0 radical (unpaired) electrons. The van der Waals surface area contributed by atoms with Gasteiger partial charge in [-0.1, -0.05) is 35.3 Å². The lowest BCUT2D eigenvalue weighted by molar-refractivity contribution is 0.482. The van der Waals surface area contributed by atoms with E-state index in [1.807, 2.05) is 31.3 Å². The van der Waals surface area contributed by atoms with E-state index in [1.54, 1.807) is 18.2 Å². The Bertz CT molecular complexity index is 534. The summed E-state index contributed by atoms with van der Waals surface area (Å²) in [4.78, 5) is 0. The Kier molecular flexibility index (Phi) is 4.70. The van der Waals surface area contributed by atoms with Crippen LogP contribution in [0.3, 0.4) is 0 Å². The number of halogens is 2. The molecule has 1 unspecified atom stereocenters. The van der Waals surface area contributed by atoms with Gasteiger partial charge in [-0.05, 0) is 49.9 Å². The van der Waals surface area contributed by atoms with Crippen molar-refractivity contribution in [3.05, 3.63) is 58.1 Å².